The van der Waals surface area contributed by atoms with Gasteiger partial charge in [-0.2, -0.15) is 0 Å². The van der Waals surface area contributed by atoms with Crippen LogP contribution in [-0.2, 0) is 14.4 Å². The fourth-order valence-electron chi connectivity index (χ4n) is 9.49. The molecule has 5 aliphatic rings. The molecule has 1 saturated carbocycles. The van der Waals surface area contributed by atoms with Crippen molar-refractivity contribution in [2.45, 2.75) is 70.0 Å². The van der Waals surface area contributed by atoms with Crippen LogP contribution >= 0.6 is 0 Å². The standard InChI is InChI=1S/C44H53N13O6/c1-27-5-2-8-33(50-27)41(60)51-29-21-30(22-29)56-26-49-38-39(47-25-48-40(38)56)45-13-4-14-53-17-19-54(20-18-53)24-28-11-15-55(16-12-28)36(59)23-46-32-7-3-6-31-37(32)44(63)57(43(31)62)34-9-10-35(58)52-42(34)61/h2-3,5-8,25-26,28-30,34,46H,4,9-24H2,1H3,(H,51,60)(H,45,47,48)(H,52,58,61)/t29?,30?,34-/m1/s1. The number of likely N-dealkylation sites (tertiary alicyclic amines) is 1. The van der Waals surface area contributed by atoms with Crippen molar-refractivity contribution >= 4 is 58.1 Å². The number of anilines is 2. The molecule has 3 saturated heterocycles. The molecule has 19 nitrogen and oxygen atoms in total. The first-order valence-corrected chi connectivity index (χ1v) is 22.1. The van der Waals surface area contributed by atoms with E-state index in [1.165, 1.54) is 6.07 Å². The number of piperazine rings is 1. The van der Waals surface area contributed by atoms with E-state index in [0.29, 0.717) is 30.4 Å². The minimum absolute atomic E-state index is 0.0233. The molecule has 1 aliphatic carbocycles. The minimum atomic E-state index is -1.05. The third-order valence-electron chi connectivity index (χ3n) is 13.1. The second kappa shape index (κ2) is 18.2. The Balaban J connectivity index is 0.662. The number of carbonyl (C=O) groups is 6. The zero-order chi connectivity index (χ0) is 43.6. The summed E-state index contributed by atoms with van der Waals surface area (Å²) in [5.74, 6) is -1.25. The first-order chi connectivity index (χ1) is 30.6. The van der Waals surface area contributed by atoms with Crippen molar-refractivity contribution in [3.05, 3.63) is 71.6 Å². The predicted octanol–water partition coefficient (Wildman–Crippen LogP) is 1.83. The number of nitrogens with one attached hydrogen (secondary N) is 4. The number of fused-ring (bicyclic) bond motifs is 2. The van der Waals surface area contributed by atoms with Crippen LogP contribution in [0.4, 0.5) is 11.5 Å². The number of imidazole rings is 1. The average Bonchev–Trinajstić information content (AvgIpc) is 3.81. The number of nitrogens with zero attached hydrogens (tertiary/aromatic N) is 9. The van der Waals surface area contributed by atoms with E-state index in [9.17, 15) is 28.8 Å². The second-order valence-corrected chi connectivity index (χ2v) is 17.3. The van der Waals surface area contributed by atoms with Crippen LogP contribution in [0.25, 0.3) is 11.2 Å². The Kier molecular flexibility index (Phi) is 12.1. The lowest BCUT2D eigenvalue weighted by Gasteiger charge is -2.39. The maximum absolute atomic E-state index is 13.4. The van der Waals surface area contributed by atoms with Crippen LogP contribution < -0.4 is 21.3 Å². The van der Waals surface area contributed by atoms with Crippen LogP contribution in [0.15, 0.2) is 49.1 Å². The maximum Gasteiger partial charge on any atom is 0.270 e. The fourth-order valence-corrected chi connectivity index (χ4v) is 9.49. The number of hydrogen-bond acceptors (Lipinski definition) is 14. The van der Waals surface area contributed by atoms with Gasteiger partial charge in [-0.3, -0.25) is 39.0 Å². The highest BCUT2D eigenvalue weighted by molar-refractivity contribution is 6.25. The number of pyridine rings is 1. The summed E-state index contributed by atoms with van der Waals surface area (Å²) in [6, 6.07) is 9.52. The molecular weight excluding hydrogens is 807 g/mol. The van der Waals surface area contributed by atoms with Gasteiger partial charge in [-0.05, 0) is 82.2 Å². The predicted molar refractivity (Wildman–Crippen MR) is 231 cm³/mol. The molecule has 1 aromatic carbocycles. The molecular formula is C44H53N13O6. The van der Waals surface area contributed by atoms with Gasteiger partial charge in [0.1, 0.15) is 23.6 Å². The summed E-state index contributed by atoms with van der Waals surface area (Å²) in [4.78, 5) is 103. The van der Waals surface area contributed by atoms with E-state index in [1.807, 2.05) is 30.3 Å². The van der Waals surface area contributed by atoms with Gasteiger partial charge in [0.25, 0.3) is 17.7 Å². The normalized spacial score (nSPS) is 22.2. The number of aryl methyl sites for hydroxylation is 1. The van der Waals surface area contributed by atoms with E-state index in [1.54, 1.807) is 24.5 Å². The molecule has 1 atom stereocenters. The van der Waals surface area contributed by atoms with Gasteiger partial charge in [-0.15, -0.1) is 0 Å². The van der Waals surface area contributed by atoms with Gasteiger partial charge in [-0.25, -0.2) is 19.9 Å². The molecule has 4 N–H and O–H groups in total. The lowest BCUT2D eigenvalue weighted by molar-refractivity contribution is -0.136. The first kappa shape index (κ1) is 42.0. The second-order valence-electron chi connectivity index (χ2n) is 17.3. The molecule has 63 heavy (non-hydrogen) atoms. The van der Waals surface area contributed by atoms with Crippen LogP contribution in [0.1, 0.15) is 87.9 Å². The molecule has 0 bridgehead atoms. The third kappa shape index (κ3) is 8.97. The summed E-state index contributed by atoms with van der Waals surface area (Å²) in [6.45, 7) is 10.0. The average molecular weight is 860 g/mol. The van der Waals surface area contributed by atoms with E-state index in [4.69, 9.17) is 0 Å². The number of rotatable bonds is 14. The number of aromatic nitrogens is 5. The molecule has 7 heterocycles. The van der Waals surface area contributed by atoms with Crippen molar-refractivity contribution in [1.29, 1.82) is 0 Å². The molecule has 0 unspecified atom stereocenters. The highest BCUT2D eigenvalue weighted by atomic mass is 16.2. The van der Waals surface area contributed by atoms with Crippen LogP contribution in [0.3, 0.4) is 0 Å². The molecule has 0 spiro atoms. The fraction of sp³-hybridized carbons (Fsp3) is 0.500. The van der Waals surface area contributed by atoms with Gasteiger partial charge in [0.2, 0.25) is 17.7 Å². The van der Waals surface area contributed by atoms with E-state index < -0.39 is 29.7 Å². The van der Waals surface area contributed by atoms with Crippen LogP contribution in [0, 0.1) is 12.8 Å². The van der Waals surface area contributed by atoms with Crippen molar-refractivity contribution in [3.8, 4) is 0 Å². The Labute approximate surface area is 364 Å². The summed E-state index contributed by atoms with van der Waals surface area (Å²) >= 11 is 0. The van der Waals surface area contributed by atoms with Gasteiger partial charge in [0.15, 0.2) is 11.5 Å². The lowest BCUT2D eigenvalue weighted by Crippen LogP contribution is -2.54. The van der Waals surface area contributed by atoms with Gasteiger partial charge in [0.05, 0.1) is 24.0 Å². The molecule has 6 amide bonds. The Hall–Kier alpha value is -6.34. The van der Waals surface area contributed by atoms with Crippen molar-refractivity contribution in [2.24, 2.45) is 5.92 Å². The molecule has 19 heteroatoms. The highest BCUT2D eigenvalue weighted by Crippen LogP contribution is 2.35. The van der Waals surface area contributed by atoms with Crippen molar-refractivity contribution in [1.82, 2.24) is 54.7 Å². The lowest BCUT2D eigenvalue weighted by atomic mass is 9.86. The molecule has 4 aromatic rings. The topological polar surface area (TPSA) is 220 Å². The van der Waals surface area contributed by atoms with E-state index in [-0.39, 0.29) is 54.4 Å². The van der Waals surface area contributed by atoms with Gasteiger partial charge in [0, 0.05) is 82.2 Å². The zero-order valence-electron chi connectivity index (χ0n) is 35.4. The van der Waals surface area contributed by atoms with Crippen LogP contribution in [-0.4, -0.2) is 157 Å². The number of hydrogen-bond donors (Lipinski definition) is 4. The summed E-state index contributed by atoms with van der Waals surface area (Å²) in [5, 5.41) is 11.9. The Bertz CT molecular complexity index is 2420. The Morgan fingerprint density at radius 1 is 0.857 bits per heavy atom. The van der Waals surface area contributed by atoms with Crippen molar-refractivity contribution in [2.75, 3.05) is 76.1 Å². The number of carbonyl (C=O) groups excluding carboxylic acids is 6. The third-order valence-corrected chi connectivity index (χ3v) is 13.1. The van der Waals surface area contributed by atoms with E-state index in [0.717, 1.165) is 105 Å². The smallest absolute Gasteiger partial charge is 0.270 e. The van der Waals surface area contributed by atoms with Crippen LogP contribution in [0.5, 0.6) is 0 Å². The van der Waals surface area contributed by atoms with Crippen molar-refractivity contribution < 1.29 is 28.8 Å². The largest absolute Gasteiger partial charge is 0.375 e. The Morgan fingerprint density at radius 3 is 2.41 bits per heavy atom. The zero-order valence-corrected chi connectivity index (χ0v) is 35.4. The number of imide groups is 2. The summed E-state index contributed by atoms with van der Waals surface area (Å²) in [6.07, 6.45) is 7.94. The molecule has 4 aliphatic heterocycles. The number of amides is 6. The minimum Gasteiger partial charge on any atom is -0.375 e. The Morgan fingerprint density at radius 2 is 1.63 bits per heavy atom. The van der Waals surface area contributed by atoms with E-state index >= 15 is 0 Å². The number of piperidine rings is 2. The molecule has 4 fully saturated rings. The van der Waals surface area contributed by atoms with E-state index in [2.05, 4.69) is 55.6 Å². The summed E-state index contributed by atoms with van der Waals surface area (Å²) in [7, 11) is 0. The monoisotopic (exact) mass is 859 g/mol. The van der Waals surface area contributed by atoms with Crippen LogP contribution in [0.2, 0.25) is 0 Å². The quantitative estimate of drug-likeness (QED) is 0.105. The molecule has 0 radical (unpaired) electrons. The molecule has 330 valence electrons. The van der Waals surface area contributed by atoms with Gasteiger partial charge >= 0.3 is 0 Å². The summed E-state index contributed by atoms with van der Waals surface area (Å²) < 4.78 is 2.09. The molecule has 3 aromatic heterocycles. The van der Waals surface area contributed by atoms with Crippen molar-refractivity contribution in [3.63, 3.8) is 0 Å². The van der Waals surface area contributed by atoms with Gasteiger partial charge < -0.3 is 35.2 Å². The molecule has 9 rings (SSSR count). The van der Waals surface area contributed by atoms with Gasteiger partial charge in [-0.1, -0.05) is 12.1 Å². The SMILES string of the molecule is Cc1cccc(C(=O)NC2CC(n3cnc4c(NCCCN5CCN(CC6CCN(C(=O)CNc7cccc8c7C(=O)N([C@@H]7CCC(=O)NC7=O)C8=O)CC6)CC5)ncnc43)C2)n1. The highest BCUT2D eigenvalue weighted by Gasteiger charge is 2.45. The number of benzene rings is 1. The maximum atomic E-state index is 13.4. The summed E-state index contributed by atoms with van der Waals surface area (Å²) in [5.41, 5.74) is 3.48. The first-order valence-electron chi connectivity index (χ1n) is 22.1.